The third-order valence-corrected chi connectivity index (χ3v) is 3.06. The average molecular weight is 291 g/mol. The summed E-state index contributed by atoms with van der Waals surface area (Å²) in [4.78, 5) is 11.4. The van der Waals surface area contributed by atoms with Crippen molar-refractivity contribution in [3.05, 3.63) is 64.7 Å². The number of aryl methyl sites for hydroxylation is 2. The van der Waals surface area contributed by atoms with Gasteiger partial charge >= 0.3 is 5.97 Å². The van der Waals surface area contributed by atoms with Gasteiger partial charge in [-0.05, 0) is 43.7 Å². The number of anilines is 1. The number of hydrogen-bond donors (Lipinski definition) is 2. The van der Waals surface area contributed by atoms with Gasteiger partial charge in [0.05, 0.1) is 0 Å². The monoisotopic (exact) mass is 291 g/mol. The molecule has 0 saturated carbocycles. The third-order valence-electron chi connectivity index (χ3n) is 3.06. The largest absolute Gasteiger partial charge is 0.479 e. The molecule has 0 aliphatic carbocycles. The maximum absolute atomic E-state index is 13.9. The van der Waals surface area contributed by atoms with Gasteiger partial charge in [-0.1, -0.05) is 17.7 Å². The van der Waals surface area contributed by atoms with E-state index in [0.29, 0.717) is 11.3 Å². The Kier molecular flexibility index (Phi) is 4.21. The summed E-state index contributed by atoms with van der Waals surface area (Å²) in [6.07, 6.45) is 0. The number of carboxylic acids is 1. The molecule has 0 aliphatic rings. The Labute approximate surface area is 121 Å². The fourth-order valence-electron chi connectivity index (χ4n) is 2.14. The van der Waals surface area contributed by atoms with E-state index >= 15 is 0 Å². The highest BCUT2D eigenvalue weighted by Crippen LogP contribution is 2.24. The molecule has 1 unspecified atom stereocenters. The van der Waals surface area contributed by atoms with E-state index in [1.807, 2.05) is 0 Å². The van der Waals surface area contributed by atoms with Crippen LogP contribution in [0, 0.1) is 25.5 Å². The molecule has 0 aliphatic heterocycles. The van der Waals surface area contributed by atoms with Crippen LogP contribution in [0.3, 0.4) is 0 Å². The molecular weight excluding hydrogens is 276 g/mol. The highest BCUT2D eigenvalue weighted by Gasteiger charge is 2.23. The first-order valence-corrected chi connectivity index (χ1v) is 6.39. The average Bonchev–Trinajstić information content (AvgIpc) is 2.37. The van der Waals surface area contributed by atoms with E-state index in [9.17, 15) is 18.7 Å². The Morgan fingerprint density at radius 1 is 1.10 bits per heavy atom. The van der Waals surface area contributed by atoms with Crippen LogP contribution in [0.5, 0.6) is 0 Å². The smallest absolute Gasteiger partial charge is 0.330 e. The van der Waals surface area contributed by atoms with Crippen LogP contribution in [-0.2, 0) is 4.79 Å². The molecule has 2 rings (SSSR count). The van der Waals surface area contributed by atoms with E-state index in [-0.39, 0.29) is 5.56 Å². The van der Waals surface area contributed by atoms with Crippen LogP contribution in [-0.4, -0.2) is 11.1 Å². The Hall–Kier alpha value is -2.43. The summed E-state index contributed by atoms with van der Waals surface area (Å²) in [5, 5.41) is 12.0. The first-order chi connectivity index (χ1) is 9.86. The second kappa shape index (κ2) is 5.91. The molecular formula is C16H15F2NO2. The summed E-state index contributed by atoms with van der Waals surface area (Å²) in [6.45, 7) is 3.44. The number of rotatable bonds is 4. The molecule has 2 N–H and O–H groups in total. The number of nitrogens with one attached hydrogen (secondary N) is 1. The van der Waals surface area contributed by atoms with Crippen molar-refractivity contribution in [3.8, 4) is 0 Å². The van der Waals surface area contributed by atoms with Crippen molar-refractivity contribution in [3.63, 3.8) is 0 Å². The molecule has 0 heterocycles. The second-order valence-corrected chi connectivity index (χ2v) is 4.96. The molecule has 0 aromatic heterocycles. The zero-order valence-electron chi connectivity index (χ0n) is 11.7. The number of aliphatic carboxylic acids is 1. The molecule has 0 spiro atoms. The van der Waals surface area contributed by atoms with E-state index in [4.69, 9.17) is 0 Å². The van der Waals surface area contributed by atoms with Gasteiger partial charge in [-0.2, -0.15) is 0 Å². The summed E-state index contributed by atoms with van der Waals surface area (Å²) in [5.74, 6) is -2.33. The van der Waals surface area contributed by atoms with Crippen molar-refractivity contribution >= 4 is 11.7 Å². The van der Waals surface area contributed by atoms with Crippen molar-refractivity contribution in [2.24, 2.45) is 0 Å². The van der Waals surface area contributed by atoms with Crippen LogP contribution < -0.4 is 5.32 Å². The van der Waals surface area contributed by atoms with Crippen molar-refractivity contribution in [1.82, 2.24) is 0 Å². The van der Waals surface area contributed by atoms with Gasteiger partial charge in [0.1, 0.15) is 11.6 Å². The fraction of sp³-hybridized carbons (Fsp3) is 0.188. The second-order valence-electron chi connectivity index (χ2n) is 4.96. The highest BCUT2D eigenvalue weighted by molar-refractivity contribution is 5.79. The number of halogens is 2. The van der Waals surface area contributed by atoms with Crippen molar-refractivity contribution < 1.29 is 18.7 Å². The van der Waals surface area contributed by atoms with Crippen LogP contribution >= 0.6 is 0 Å². The molecule has 0 amide bonds. The van der Waals surface area contributed by atoms with Crippen molar-refractivity contribution in [2.75, 3.05) is 5.32 Å². The minimum atomic E-state index is -1.29. The molecule has 3 nitrogen and oxygen atoms in total. The van der Waals surface area contributed by atoms with Crippen LogP contribution in [0.1, 0.15) is 22.7 Å². The van der Waals surface area contributed by atoms with Gasteiger partial charge in [0.15, 0.2) is 6.04 Å². The minimum Gasteiger partial charge on any atom is -0.479 e. The fourth-order valence-corrected chi connectivity index (χ4v) is 2.14. The van der Waals surface area contributed by atoms with Gasteiger partial charge in [-0.3, -0.25) is 0 Å². The van der Waals surface area contributed by atoms with Gasteiger partial charge in [0.25, 0.3) is 0 Å². The van der Waals surface area contributed by atoms with Crippen LogP contribution in [0.2, 0.25) is 0 Å². The third kappa shape index (κ3) is 3.56. The predicted molar refractivity (Wildman–Crippen MR) is 76.3 cm³/mol. The van der Waals surface area contributed by atoms with Gasteiger partial charge in [-0.15, -0.1) is 0 Å². The Morgan fingerprint density at radius 3 is 2.43 bits per heavy atom. The molecule has 21 heavy (non-hydrogen) atoms. The lowest BCUT2D eigenvalue weighted by Gasteiger charge is -2.18. The van der Waals surface area contributed by atoms with Gasteiger partial charge in [0, 0.05) is 11.3 Å². The van der Waals surface area contributed by atoms with Gasteiger partial charge in [0.2, 0.25) is 0 Å². The first-order valence-electron chi connectivity index (χ1n) is 6.39. The Morgan fingerprint density at radius 2 is 1.81 bits per heavy atom. The van der Waals surface area contributed by atoms with E-state index in [2.05, 4.69) is 5.32 Å². The molecule has 5 heteroatoms. The lowest BCUT2D eigenvalue weighted by molar-refractivity contribution is -0.138. The van der Waals surface area contributed by atoms with Crippen LogP contribution in [0.25, 0.3) is 0 Å². The molecule has 0 radical (unpaired) electrons. The minimum absolute atomic E-state index is 0.0180. The quantitative estimate of drug-likeness (QED) is 0.900. The van der Waals surface area contributed by atoms with E-state index in [1.165, 1.54) is 24.3 Å². The maximum atomic E-state index is 13.9. The van der Waals surface area contributed by atoms with Crippen molar-refractivity contribution in [2.45, 2.75) is 19.9 Å². The zero-order chi connectivity index (χ0) is 15.6. The molecule has 1 atom stereocenters. The number of hydrogen-bond acceptors (Lipinski definition) is 2. The maximum Gasteiger partial charge on any atom is 0.330 e. The lowest BCUT2D eigenvalue weighted by atomic mass is 10.0. The van der Waals surface area contributed by atoms with E-state index in [0.717, 1.165) is 5.56 Å². The Bertz CT molecular complexity index is 666. The first kappa shape index (κ1) is 15.0. The standard InChI is InChI=1S/C16H15F2NO2/c1-9-3-4-14(18)13(7-9)15(16(20)21)19-12-6-10(2)5-11(17)8-12/h3-8,15,19H,1-2H3,(H,20,21). The van der Waals surface area contributed by atoms with Crippen LogP contribution in [0.15, 0.2) is 36.4 Å². The number of benzene rings is 2. The van der Waals surface area contributed by atoms with E-state index < -0.39 is 23.6 Å². The summed E-state index contributed by atoms with van der Waals surface area (Å²) < 4.78 is 27.2. The van der Waals surface area contributed by atoms with E-state index in [1.54, 1.807) is 26.0 Å². The number of carbonyl (C=O) groups is 1. The molecule has 0 saturated heterocycles. The predicted octanol–water partition coefficient (Wildman–Crippen LogP) is 3.82. The highest BCUT2D eigenvalue weighted by atomic mass is 19.1. The zero-order valence-corrected chi connectivity index (χ0v) is 11.7. The molecule has 2 aromatic rings. The molecule has 0 bridgehead atoms. The summed E-state index contributed by atoms with van der Waals surface area (Å²) in [5.41, 5.74) is 1.70. The van der Waals surface area contributed by atoms with Crippen LogP contribution in [0.4, 0.5) is 14.5 Å². The normalized spacial score (nSPS) is 12.0. The van der Waals surface area contributed by atoms with Gasteiger partial charge < -0.3 is 10.4 Å². The SMILES string of the molecule is Cc1cc(F)cc(NC(C(=O)O)c2cc(C)ccc2F)c1. The number of carboxylic acid groups (broad SMARTS) is 1. The molecule has 2 aromatic carbocycles. The topological polar surface area (TPSA) is 49.3 Å². The van der Waals surface area contributed by atoms with Gasteiger partial charge in [-0.25, -0.2) is 13.6 Å². The lowest BCUT2D eigenvalue weighted by Crippen LogP contribution is -2.22. The summed E-state index contributed by atoms with van der Waals surface area (Å²) in [6, 6.07) is 7.07. The molecule has 0 fully saturated rings. The van der Waals surface area contributed by atoms with Crippen molar-refractivity contribution in [1.29, 1.82) is 0 Å². The summed E-state index contributed by atoms with van der Waals surface area (Å²) in [7, 11) is 0. The Balaban J connectivity index is 2.40. The molecule has 110 valence electrons. The summed E-state index contributed by atoms with van der Waals surface area (Å²) >= 11 is 0.